The molecule has 1 saturated heterocycles. The topological polar surface area (TPSA) is 67.3 Å². The second-order valence-electron chi connectivity index (χ2n) is 6.14. The molecule has 2 heterocycles. The van der Waals surface area contributed by atoms with Gasteiger partial charge in [-0.25, -0.2) is 14.8 Å². The van der Waals surface area contributed by atoms with Gasteiger partial charge in [-0.2, -0.15) is 0 Å². The molecule has 0 radical (unpaired) electrons. The van der Waals surface area contributed by atoms with Crippen LogP contribution in [-0.2, 0) is 4.74 Å². The molecule has 0 aromatic carbocycles. The molecule has 1 aliphatic rings. The van der Waals surface area contributed by atoms with Gasteiger partial charge in [0.1, 0.15) is 5.60 Å². The maximum Gasteiger partial charge on any atom is 0.410 e. The van der Waals surface area contributed by atoms with Crippen molar-refractivity contribution in [1.82, 2.24) is 20.2 Å². The number of rotatable bonds is 1. The first-order valence-corrected chi connectivity index (χ1v) is 7.35. The van der Waals surface area contributed by atoms with E-state index in [1.807, 2.05) is 33.8 Å². The highest BCUT2D eigenvalue weighted by molar-refractivity contribution is 6.28. The summed E-state index contributed by atoms with van der Waals surface area (Å²) in [6.45, 7) is 9.25. The molecule has 6 nitrogen and oxygen atoms in total. The molecule has 7 heteroatoms. The molecule has 1 amide bonds. The molecule has 1 aromatic rings. The molecule has 0 bridgehead atoms. The smallest absolute Gasteiger partial charge is 0.410 e. The van der Waals surface area contributed by atoms with Gasteiger partial charge in [0, 0.05) is 25.3 Å². The third kappa shape index (κ3) is 4.54. The molecule has 21 heavy (non-hydrogen) atoms. The van der Waals surface area contributed by atoms with Crippen LogP contribution >= 0.6 is 11.6 Å². The van der Waals surface area contributed by atoms with Crippen LogP contribution < -0.4 is 5.32 Å². The number of aryl methyl sites for hydroxylation is 1. The molecule has 1 fully saturated rings. The number of nitrogens with one attached hydrogen (secondary N) is 1. The Hall–Kier alpha value is -1.40. The molecule has 1 N–H and O–H groups in total. The van der Waals surface area contributed by atoms with Crippen LogP contribution in [0.3, 0.4) is 0 Å². The highest BCUT2D eigenvalue weighted by atomic mass is 35.5. The highest BCUT2D eigenvalue weighted by Crippen LogP contribution is 2.19. The van der Waals surface area contributed by atoms with E-state index in [4.69, 9.17) is 16.3 Å². The number of amides is 1. The van der Waals surface area contributed by atoms with Crippen molar-refractivity contribution in [2.45, 2.75) is 39.3 Å². The number of nitrogens with zero attached hydrogens (tertiary/aromatic N) is 3. The second-order valence-corrected chi connectivity index (χ2v) is 6.47. The van der Waals surface area contributed by atoms with E-state index in [9.17, 15) is 4.79 Å². The minimum absolute atomic E-state index is 0.0644. The SMILES string of the molecule is Cc1cc(C2CN(C(=O)OC(C)(C)C)CCN2)nc(Cl)n1. The summed E-state index contributed by atoms with van der Waals surface area (Å²) in [4.78, 5) is 22.1. The molecule has 0 saturated carbocycles. The van der Waals surface area contributed by atoms with Gasteiger partial charge >= 0.3 is 6.09 Å². The van der Waals surface area contributed by atoms with Crippen LogP contribution in [0, 0.1) is 6.92 Å². The van der Waals surface area contributed by atoms with Gasteiger partial charge in [0.05, 0.1) is 11.7 Å². The first kappa shape index (κ1) is 16.0. The summed E-state index contributed by atoms with van der Waals surface area (Å²) in [5.74, 6) is 0. The average Bonchev–Trinajstić information content (AvgIpc) is 2.36. The number of aromatic nitrogens is 2. The van der Waals surface area contributed by atoms with Crippen molar-refractivity contribution >= 4 is 17.7 Å². The van der Waals surface area contributed by atoms with Crippen LogP contribution in [0.5, 0.6) is 0 Å². The van der Waals surface area contributed by atoms with E-state index in [1.165, 1.54) is 0 Å². The molecule has 0 aliphatic carbocycles. The Morgan fingerprint density at radius 1 is 1.48 bits per heavy atom. The van der Waals surface area contributed by atoms with Gasteiger partial charge in [0.15, 0.2) is 0 Å². The van der Waals surface area contributed by atoms with Crippen LogP contribution in [-0.4, -0.2) is 46.2 Å². The lowest BCUT2D eigenvalue weighted by atomic mass is 10.1. The minimum atomic E-state index is -0.494. The van der Waals surface area contributed by atoms with Gasteiger partial charge in [-0.15, -0.1) is 0 Å². The zero-order valence-corrected chi connectivity index (χ0v) is 13.6. The predicted octanol–water partition coefficient (Wildman–Crippen LogP) is 2.32. The van der Waals surface area contributed by atoms with Crippen molar-refractivity contribution in [1.29, 1.82) is 0 Å². The Balaban J connectivity index is 2.08. The Kier molecular flexibility index (Phi) is 4.68. The van der Waals surface area contributed by atoms with Crippen LogP contribution in [0.15, 0.2) is 6.07 Å². The van der Waals surface area contributed by atoms with Crippen molar-refractivity contribution in [3.05, 3.63) is 22.7 Å². The van der Waals surface area contributed by atoms with Gasteiger partial charge < -0.3 is 15.0 Å². The second kappa shape index (κ2) is 6.15. The van der Waals surface area contributed by atoms with E-state index in [0.717, 1.165) is 11.4 Å². The van der Waals surface area contributed by atoms with Crippen molar-refractivity contribution in [2.75, 3.05) is 19.6 Å². The summed E-state index contributed by atoms with van der Waals surface area (Å²) in [5.41, 5.74) is 1.11. The molecule has 0 spiro atoms. The summed E-state index contributed by atoms with van der Waals surface area (Å²) in [6, 6.07) is 1.81. The van der Waals surface area contributed by atoms with E-state index in [0.29, 0.717) is 19.6 Å². The van der Waals surface area contributed by atoms with Crippen LogP contribution in [0.25, 0.3) is 0 Å². The summed E-state index contributed by atoms with van der Waals surface area (Å²) < 4.78 is 5.41. The summed E-state index contributed by atoms with van der Waals surface area (Å²) in [7, 11) is 0. The minimum Gasteiger partial charge on any atom is -0.444 e. The largest absolute Gasteiger partial charge is 0.444 e. The number of piperazine rings is 1. The summed E-state index contributed by atoms with van der Waals surface area (Å²) in [5, 5.41) is 3.56. The predicted molar refractivity (Wildman–Crippen MR) is 80.3 cm³/mol. The zero-order valence-electron chi connectivity index (χ0n) is 12.8. The van der Waals surface area contributed by atoms with Crippen molar-refractivity contribution < 1.29 is 9.53 Å². The number of hydrogen-bond acceptors (Lipinski definition) is 5. The van der Waals surface area contributed by atoms with Gasteiger partial charge in [-0.3, -0.25) is 0 Å². The first-order valence-electron chi connectivity index (χ1n) is 6.97. The molecule has 2 rings (SSSR count). The third-order valence-corrected chi connectivity index (χ3v) is 3.20. The standard InChI is InChI=1S/C14H21ClN4O2/c1-9-7-10(18-12(15)17-9)11-8-19(6-5-16-11)13(20)21-14(2,3)4/h7,11,16H,5-6,8H2,1-4H3. The maximum atomic E-state index is 12.1. The molecular weight excluding hydrogens is 292 g/mol. The summed E-state index contributed by atoms with van der Waals surface area (Å²) in [6.07, 6.45) is -0.300. The number of hydrogen-bond donors (Lipinski definition) is 1. The Morgan fingerprint density at radius 2 is 2.19 bits per heavy atom. The fourth-order valence-electron chi connectivity index (χ4n) is 2.17. The lowest BCUT2D eigenvalue weighted by molar-refractivity contribution is 0.0194. The van der Waals surface area contributed by atoms with E-state index in [-0.39, 0.29) is 17.4 Å². The lowest BCUT2D eigenvalue weighted by Crippen LogP contribution is -2.49. The number of carbonyl (C=O) groups is 1. The molecule has 1 unspecified atom stereocenters. The molecule has 1 aliphatic heterocycles. The van der Waals surface area contributed by atoms with Gasteiger partial charge in [-0.1, -0.05) is 0 Å². The molecule has 1 aromatic heterocycles. The number of halogens is 1. The van der Waals surface area contributed by atoms with Crippen LogP contribution in [0.1, 0.15) is 38.2 Å². The number of ether oxygens (including phenoxy) is 1. The lowest BCUT2D eigenvalue weighted by Gasteiger charge is -2.34. The first-order chi connectivity index (χ1) is 9.74. The molecule has 1 atom stereocenters. The van der Waals surface area contributed by atoms with Gasteiger partial charge in [0.25, 0.3) is 0 Å². The zero-order chi connectivity index (χ0) is 15.6. The number of carbonyl (C=O) groups excluding carboxylic acids is 1. The third-order valence-electron chi connectivity index (χ3n) is 3.03. The van der Waals surface area contributed by atoms with Crippen molar-refractivity contribution in [2.24, 2.45) is 0 Å². The fraction of sp³-hybridized carbons (Fsp3) is 0.643. The normalized spacial score (nSPS) is 19.5. The Bertz CT molecular complexity index is 510. The maximum absolute atomic E-state index is 12.1. The van der Waals surface area contributed by atoms with E-state index in [1.54, 1.807) is 4.90 Å². The Morgan fingerprint density at radius 3 is 2.81 bits per heavy atom. The highest BCUT2D eigenvalue weighted by Gasteiger charge is 2.28. The van der Waals surface area contributed by atoms with E-state index in [2.05, 4.69) is 15.3 Å². The molecule has 116 valence electrons. The van der Waals surface area contributed by atoms with Gasteiger partial charge in [0.2, 0.25) is 5.28 Å². The molecular formula is C14H21ClN4O2. The van der Waals surface area contributed by atoms with Crippen molar-refractivity contribution in [3.63, 3.8) is 0 Å². The monoisotopic (exact) mass is 312 g/mol. The van der Waals surface area contributed by atoms with Crippen LogP contribution in [0.2, 0.25) is 5.28 Å². The summed E-state index contributed by atoms with van der Waals surface area (Å²) >= 11 is 5.90. The van der Waals surface area contributed by atoms with Crippen molar-refractivity contribution in [3.8, 4) is 0 Å². The average molecular weight is 313 g/mol. The Labute approximate surface area is 129 Å². The quantitative estimate of drug-likeness (QED) is 0.806. The van der Waals surface area contributed by atoms with E-state index >= 15 is 0 Å². The van der Waals surface area contributed by atoms with Gasteiger partial charge in [-0.05, 0) is 45.4 Å². The van der Waals surface area contributed by atoms with Crippen LogP contribution in [0.4, 0.5) is 4.79 Å². The van der Waals surface area contributed by atoms with E-state index < -0.39 is 5.60 Å². The fourth-order valence-corrected chi connectivity index (χ4v) is 2.41.